The molecule has 0 aromatic carbocycles. The summed E-state index contributed by atoms with van der Waals surface area (Å²) in [5.41, 5.74) is 0. The van der Waals surface area contributed by atoms with Crippen molar-refractivity contribution in [2.45, 2.75) is 32.6 Å². The molecule has 0 aromatic rings. The van der Waals surface area contributed by atoms with Crippen molar-refractivity contribution < 1.29 is 14.7 Å². The Hall–Kier alpha value is -1.10. The molecule has 2 fully saturated rings. The minimum absolute atomic E-state index is 0.0993. The first kappa shape index (κ1) is 14.3. The molecule has 0 radical (unpaired) electrons. The van der Waals surface area contributed by atoms with Crippen molar-refractivity contribution in [3.63, 3.8) is 0 Å². The van der Waals surface area contributed by atoms with Crippen molar-refractivity contribution in [2.75, 3.05) is 32.7 Å². The molecule has 108 valence electrons. The van der Waals surface area contributed by atoms with Crippen LogP contribution in [0.2, 0.25) is 0 Å². The largest absolute Gasteiger partial charge is 0.480 e. The number of piperidine rings is 2. The summed E-state index contributed by atoms with van der Waals surface area (Å²) in [6, 6.07) is 0. The summed E-state index contributed by atoms with van der Waals surface area (Å²) >= 11 is 0. The Morgan fingerprint density at radius 2 is 1.63 bits per heavy atom. The average Bonchev–Trinajstić information content (AvgIpc) is 2.39. The third-order valence-corrected chi connectivity index (χ3v) is 4.39. The molecular formula is C14H24N2O3. The molecule has 2 aliphatic heterocycles. The average molecular weight is 268 g/mol. The second-order valence-electron chi connectivity index (χ2n) is 5.95. The minimum atomic E-state index is -0.783. The zero-order valence-corrected chi connectivity index (χ0v) is 11.7. The lowest BCUT2D eigenvalue weighted by atomic mass is 9.93. The number of amides is 1. The normalized spacial score (nSPS) is 23.5. The molecular weight excluding hydrogens is 244 g/mol. The number of nitrogens with zero attached hydrogens (tertiary/aromatic N) is 2. The van der Waals surface area contributed by atoms with Gasteiger partial charge in [0, 0.05) is 19.0 Å². The number of carbonyl (C=O) groups is 2. The smallest absolute Gasteiger partial charge is 0.317 e. The van der Waals surface area contributed by atoms with Gasteiger partial charge in [-0.3, -0.25) is 14.5 Å². The SMILES string of the molecule is CC1CCN(C(=O)C2CCN(CC(=O)O)CC2)CC1. The van der Waals surface area contributed by atoms with E-state index in [1.165, 1.54) is 0 Å². The Balaban J connectivity index is 1.77. The van der Waals surface area contributed by atoms with Gasteiger partial charge in [0.05, 0.1) is 6.54 Å². The van der Waals surface area contributed by atoms with E-state index in [-0.39, 0.29) is 12.5 Å². The molecule has 0 saturated carbocycles. The Labute approximate surface area is 114 Å². The predicted molar refractivity (Wildman–Crippen MR) is 71.8 cm³/mol. The minimum Gasteiger partial charge on any atom is -0.480 e. The zero-order chi connectivity index (χ0) is 13.8. The Morgan fingerprint density at radius 3 is 2.16 bits per heavy atom. The summed E-state index contributed by atoms with van der Waals surface area (Å²) in [4.78, 5) is 27.0. The summed E-state index contributed by atoms with van der Waals surface area (Å²) in [6.07, 6.45) is 3.84. The van der Waals surface area contributed by atoms with Gasteiger partial charge in [0.2, 0.25) is 5.91 Å². The maximum absolute atomic E-state index is 12.4. The number of carboxylic acids is 1. The molecule has 0 spiro atoms. The van der Waals surface area contributed by atoms with Crippen molar-refractivity contribution in [3.05, 3.63) is 0 Å². The first-order valence-corrected chi connectivity index (χ1v) is 7.29. The van der Waals surface area contributed by atoms with Crippen LogP contribution in [0, 0.1) is 11.8 Å². The zero-order valence-electron chi connectivity index (χ0n) is 11.7. The van der Waals surface area contributed by atoms with E-state index in [0.29, 0.717) is 5.91 Å². The van der Waals surface area contributed by atoms with Crippen molar-refractivity contribution in [1.29, 1.82) is 0 Å². The van der Waals surface area contributed by atoms with E-state index >= 15 is 0 Å². The monoisotopic (exact) mass is 268 g/mol. The van der Waals surface area contributed by atoms with Crippen LogP contribution in [0.25, 0.3) is 0 Å². The fraction of sp³-hybridized carbons (Fsp3) is 0.857. The molecule has 1 N–H and O–H groups in total. The van der Waals surface area contributed by atoms with Gasteiger partial charge in [0.1, 0.15) is 0 Å². The van der Waals surface area contributed by atoms with Crippen LogP contribution in [0.1, 0.15) is 32.6 Å². The van der Waals surface area contributed by atoms with E-state index < -0.39 is 5.97 Å². The topological polar surface area (TPSA) is 60.9 Å². The van der Waals surface area contributed by atoms with Crippen LogP contribution in [-0.4, -0.2) is 59.5 Å². The van der Waals surface area contributed by atoms with Crippen molar-refractivity contribution >= 4 is 11.9 Å². The number of aliphatic carboxylic acids is 1. The van der Waals surface area contributed by atoms with E-state index in [0.717, 1.165) is 57.8 Å². The maximum Gasteiger partial charge on any atom is 0.317 e. The van der Waals surface area contributed by atoms with E-state index in [9.17, 15) is 9.59 Å². The molecule has 2 aliphatic rings. The fourth-order valence-electron chi connectivity index (χ4n) is 3.02. The highest BCUT2D eigenvalue weighted by Gasteiger charge is 2.30. The molecule has 0 unspecified atom stereocenters. The lowest BCUT2D eigenvalue weighted by molar-refractivity contribution is -0.140. The van der Waals surface area contributed by atoms with Gasteiger partial charge in [-0.2, -0.15) is 0 Å². The number of carbonyl (C=O) groups excluding carboxylic acids is 1. The highest BCUT2D eigenvalue weighted by atomic mass is 16.4. The van der Waals surface area contributed by atoms with Gasteiger partial charge in [-0.05, 0) is 44.7 Å². The molecule has 0 atom stereocenters. The molecule has 2 rings (SSSR count). The van der Waals surface area contributed by atoms with E-state index in [1.807, 2.05) is 9.80 Å². The van der Waals surface area contributed by atoms with Crippen LogP contribution >= 0.6 is 0 Å². The van der Waals surface area contributed by atoms with Gasteiger partial charge in [-0.25, -0.2) is 0 Å². The first-order chi connectivity index (χ1) is 9.06. The first-order valence-electron chi connectivity index (χ1n) is 7.29. The van der Waals surface area contributed by atoms with Crippen molar-refractivity contribution in [1.82, 2.24) is 9.80 Å². The highest BCUT2D eigenvalue weighted by Crippen LogP contribution is 2.23. The lowest BCUT2D eigenvalue weighted by Gasteiger charge is -2.36. The number of hydrogen-bond donors (Lipinski definition) is 1. The van der Waals surface area contributed by atoms with Crippen molar-refractivity contribution in [3.8, 4) is 0 Å². The summed E-state index contributed by atoms with van der Waals surface area (Å²) in [5, 5.41) is 8.75. The van der Waals surface area contributed by atoms with Crippen LogP contribution in [0.4, 0.5) is 0 Å². The number of carboxylic acid groups (broad SMARTS) is 1. The van der Waals surface area contributed by atoms with Crippen LogP contribution in [0.15, 0.2) is 0 Å². The Kier molecular flexibility index (Phi) is 4.80. The van der Waals surface area contributed by atoms with E-state index in [1.54, 1.807) is 0 Å². The third-order valence-electron chi connectivity index (χ3n) is 4.39. The molecule has 5 nitrogen and oxygen atoms in total. The fourth-order valence-corrected chi connectivity index (χ4v) is 3.02. The molecule has 19 heavy (non-hydrogen) atoms. The molecule has 1 amide bonds. The third kappa shape index (κ3) is 3.93. The molecule has 0 aromatic heterocycles. The molecule has 5 heteroatoms. The molecule has 0 aliphatic carbocycles. The van der Waals surface area contributed by atoms with Gasteiger partial charge in [0.15, 0.2) is 0 Å². The summed E-state index contributed by atoms with van der Waals surface area (Å²) in [6.45, 7) is 5.60. The Morgan fingerprint density at radius 1 is 1.05 bits per heavy atom. The highest BCUT2D eigenvalue weighted by molar-refractivity contribution is 5.79. The quantitative estimate of drug-likeness (QED) is 0.831. The Bertz CT molecular complexity index is 330. The van der Waals surface area contributed by atoms with Gasteiger partial charge in [-0.1, -0.05) is 6.92 Å². The summed E-state index contributed by atoms with van der Waals surface area (Å²) in [7, 11) is 0. The van der Waals surface area contributed by atoms with Crippen LogP contribution in [-0.2, 0) is 9.59 Å². The van der Waals surface area contributed by atoms with Gasteiger partial charge in [-0.15, -0.1) is 0 Å². The maximum atomic E-state index is 12.4. The predicted octanol–water partition coefficient (Wildman–Crippen LogP) is 1.04. The van der Waals surface area contributed by atoms with Gasteiger partial charge < -0.3 is 10.0 Å². The lowest BCUT2D eigenvalue weighted by Crippen LogP contribution is -2.46. The number of likely N-dealkylation sites (tertiary alicyclic amines) is 2. The number of rotatable bonds is 3. The molecule has 2 heterocycles. The van der Waals surface area contributed by atoms with Crippen LogP contribution in [0.5, 0.6) is 0 Å². The second kappa shape index (κ2) is 6.37. The molecule has 2 saturated heterocycles. The number of hydrogen-bond acceptors (Lipinski definition) is 3. The van der Waals surface area contributed by atoms with E-state index in [4.69, 9.17) is 5.11 Å². The molecule has 0 bridgehead atoms. The van der Waals surface area contributed by atoms with Crippen molar-refractivity contribution in [2.24, 2.45) is 11.8 Å². The standard InChI is InChI=1S/C14H24N2O3/c1-11-2-8-16(9-3-11)14(19)12-4-6-15(7-5-12)10-13(17)18/h11-12H,2-10H2,1H3,(H,17,18). The van der Waals surface area contributed by atoms with Gasteiger partial charge >= 0.3 is 5.97 Å². The summed E-state index contributed by atoms with van der Waals surface area (Å²) in [5.74, 6) is 0.358. The van der Waals surface area contributed by atoms with Crippen LogP contribution < -0.4 is 0 Å². The summed E-state index contributed by atoms with van der Waals surface area (Å²) < 4.78 is 0. The van der Waals surface area contributed by atoms with E-state index in [2.05, 4.69) is 6.92 Å². The second-order valence-corrected chi connectivity index (χ2v) is 5.95. The van der Waals surface area contributed by atoms with Crippen LogP contribution in [0.3, 0.4) is 0 Å². The van der Waals surface area contributed by atoms with Gasteiger partial charge in [0.25, 0.3) is 0 Å².